The van der Waals surface area contributed by atoms with Crippen LogP contribution < -0.4 is 10.2 Å². The smallest absolute Gasteiger partial charge is 0.251 e. The summed E-state index contributed by atoms with van der Waals surface area (Å²) in [5.74, 6) is -2.04. The number of thiocarbonyl (C=S) groups is 1. The van der Waals surface area contributed by atoms with Gasteiger partial charge in [-0.3, -0.25) is 19.5 Å². The van der Waals surface area contributed by atoms with E-state index in [9.17, 15) is 9.59 Å². The minimum atomic E-state index is -1.08. The molecule has 5 nitrogen and oxygen atoms in total. The van der Waals surface area contributed by atoms with E-state index in [1.807, 2.05) is 54.6 Å². The standard InChI is InChI=1S/C23H16ClN3O2S/c24-17-8-12-19(13-9-17)27-22(29)20(21(28)26-23(27)30)14-25-18-10-6-16(7-11-18)15-4-2-1-3-5-15/h1-14,20H,(H,26,28,30)/t20-/m1/s1. The van der Waals surface area contributed by atoms with Crippen LogP contribution in [-0.2, 0) is 9.59 Å². The third-order valence-corrected chi connectivity index (χ3v) is 5.17. The SMILES string of the molecule is O=C1NC(=S)N(c2ccc(Cl)cc2)C(=O)[C@@H]1C=Nc1ccc(-c2ccccc2)cc1. The van der Waals surface area contributed by atoms with Crippen LogP contribution in [0.25, 0.3) is 11.1 Å². The molecule has 0 spiro atoms. The summed E-state index contributed by atoms with van der Waals surface area (Å²) in [4.78, 5) is 30.9. The van der Waals surface area contributed by atoms with Gasteiger partial charge in [0.25, 0.3) is 5.91 Å². The second-order valence-electron chi connectivity index (χ2n) is 6.61. The van der Waals surface area contributed by atoms with E-state index in [4.69, 9.17) is 23.8 Å². The van der Waals surface area contributed by atoms with E-state index < -0.39 is 17.7 Å². The molecule has 4 rings (SSSR count). The van der Waals surface area contributed by atoms with Crippen molar-refractivity contribution < 1.29 is 9.59 Å². The van der Waals surface area contributed by atoms with Gasteiger partial charge in [-0.25, -0.2) is 0 Å². The van der Waals surface area contributed by atoms with E-state index in [-0.39, 0.29) is 5.11 Å². The highest BCUT2D eigenvalue weighted by Gasteiger charge is 2.38. The van der Waals surface area contributed by atoms with Crippen LogP contribution in [0.4, 0.5) is 11.4 Å². The first-order valence-electron chi connectivity index (χ1n) is 9.17. The van der Waals surface area contributed by atoms with Gasteiger partial charge in [0.1, 0.15) is 0 Å². The molecule has 3 aromatic rings. The highest BCUT2D eigenvalue weighted by Crippen LogP contribution is 2.24. The van der Waals surface area contributed by atoms with Crippen LogP contribution in [0.2, 0.25) is 5.02 Å². The lowest BCUT2D eigenvalue weighted by Gasteiger charge is -2.30. The Bertz CT molecular complexity index is 1130. The quantitative estimate of drug-likeness (QED) is 0.366. The summed E-state index contributed by atoms with van der Waals surface area (Å²) in [6, 6.07) is 24.2. The highest BCUT2D eigenvalue weighted by molar-refractivity contribution is 7.80. The summed E-state index contributed by atoms with van der Waals surface area (Å²) in [7, 11) is 0. The molecule has 30 heavy (non-hydrogen) atoms. The Labute approximate surface area is 184 Å². The largest absolute Gasteiger partial charge is 0.301 e. The fraction of sp³-hybridized carbons (Fsp3) is 0.0435. The van der Waals surface area contributed by atoms with E-state index in [0.29, 0.717) is 16.4 Å². The third kappa shape index (κ3) is 4.15. The molecule has 7 heteroatoms. The Morgan fingerprint density at radius 1 is 0.900 bits per heavy atom. The number of nitrogens with zero attached hydrogens (tertiary/aromatic N) is 2. The molecule has 0 bridgehead atoms. The van der Waals surface area contributed by atoms with Gasteiger partial charge in [0.15, 0.2) is 11.0 Å². The lowest BCUT2D eigenvalue weighted by Crippen LogP contribution is -2.58. The van der Waals surface area contributed by atoms with Gasteiger partial charge in [0.2, 0.25) is 5.91 Å². The number of nitrogens with one attached hydrogen (secondary N) is 1. The first-order chi connectivity index (χ1) is 14.5. The molecular formula is C23H16ClN3O2S. The van der Waals surface area contributed by atoms with Crippen molar-refractivity contribution in [3.63, 3.8) is 0 Å². The molecule has 1 aliphatic rings. The van der Waals surface area contributed by atoms with Gasteiger partial charge in [-0.15, -0.1) is 0 Å². The minimum Gasteiger partial charge on any atom is -0.301 e. The van der Waals surface area contributed by atoms with Gasteiger partial charge >= 0.3 is 0 Å². The van der Waals surface area contributed by atoms with Crippen LogP contribution in [0.15, 0.2) is 83.9 Å². The van der Waals surface area contributed by atoms with Crippen molar-refractivity contribution in [2.75, 3.05) is 4.90 Å². The lowest BCUT2D eigenvalue weighted by molar-refractivity contribution is -0.130. The van der Waals surface area contributed by atoms with Crippen LogP contribution >= 0.6 is 23.8 Å². The van der Waals surface area contributed by atoms with Crippen LogP contribution in [0, 0.1) is 5.92 Å². The summed E-state index contributed by atoms with van der Waals surface area (Å²) >= 11 is 11.1. The van der Waals surface area contributed by atoms with Crippen LogP contribution in [0.1, 0.15) is 0 Å². The molecule has 1 saturated heterocycles. The average molecular weight is 434 g/mol. The Morgan fingerprint density at radius 2 is 1.53 bits per heavy atom. The van der Waals surface area contributed by atoms with Crippen LogP contribution in [0.5, 0.6) is 0 Å². The zero-order chi connectivity index (χ0) is 21.1. The van der Waals surface area contributed by atoms with Gasteiger partial charge in [-0.2, -0.15) is 0 Å². The fourth-order valence-corrected chi connectivity index (χ4v) is 3.51. The topological polar surface area (TPSA) is 61.8 Å². The van der Waals surface area contributed by atoms with E-state index >= 15 is 0 Å². The third-order valence-electron chi connectivity index (χ3n) is 4.63. The number of aliphatic imine (C=N–C) groups is 1. The Kier molecular flexibility index (Phi) is 5.70. The van der Waals surface area contributed by atoms with Crippen molar-refractivity contribution in [1.82, 2.24) is 5.32 Å². The molecule has 0 aromatic heterocycles. The normalized spacial score (nSPS) is 16.8. The van der Waals surface area contributed by atoms with Crippen LogP contribution in [-0.4, -0.2) is 23.1 Å². The van der Waals surface area contributed by atoms with Crippen molar-refractivity contribution in [3.05, 3.63) is 83.9 Å². The van der Waals surface area contributed by atoms with Crippen LogP contribution in [0.3, 0.4) is 0 Å². The first kappa shape index (κ1) is 19.9. The summed E-state index contributed by atoms with van der Waals surface area (Å²) in [6.07, 6.45) is 1.35. The number of amides is 2. The molecule has 0 saturated carbocycles. The van der Waals surface area contributed by atoms with Crippen molar-refractivity contribution >= 4 is 58.3 Å². The van der Waals surface area contributed by atoms with Gasteiger partial charge in [-0.1, -0.05) is 54.1 Å². The summed E-state index contributed by atoms with van der Waals surface area (Å²) in [6.45, 7) is 0. The Morgan fingerprint density at radius 3 is 2.20 bits per heavy atom. The fourth-order valence-electron chi connectivity index (χ4n) is 3.09. The van der Waals surface area contributed by atoms with E-state index in [1.54, 1.807) is 24.3 Å². The van der Waals surface area contributed by atoms with Crippen molar-refractivity contribution in [1.29, 1.82) is 0 Å². The minimum absolute atomic E-state index is 0.0317. The molecule has 0 unspecified atom stereocenters. The van der Waals surface area contributed by atoms with Crippen molar-refractivity contribution in [2.45, 2.75) is 0 Å². The zero-order valence-electron chi connectivity index (χ0n) is 15.7. The number of halogens is 1. The van der Waals surface area contributed by atoms with Crippen molar-refractivity contribution in [2.24, 2.45) is 10.9 Å². The monoisotopic (exact) mass is 433 g/mol. The maximum Gasteiger partial charge on any atom is 0.251 e. The molecular weight excluding hydrogens is 418 g/mol. The number of rotatable bonds is 4. The molecule has 3 aromatic carbocycles. The average Bonchev–Trinajstić information content (AvgIpc) is 2.76. The molecule has 0 radical (unpaired) electrons. The number of hydrogen-bond acceptors (Lipinski definition) is 4. The number of benzene rings is 3. The van der Waals surface area contributed by atoms with Gasteiger partial charge in [0.05, 0.1) is 11.4 Å². The molecule has 1 fully saturated rings. The molecule has 1 aliphatic heterocycles. The van der Waals surface area contributed by atoms with Gasteiger partial charge < -0.3 is 5.32 Å². The zero-order valence-corrected chi connectivity index (χ0v) is 17.2. The molecule has 0 aliphatic carbocycles. The number of carbonyl (C=O) groups excluding carboxylic acids is 2. The van der Waals surface area contributed by atoms with E-state index in [2.05, 4.69) is 10.3 Å². The van der Waals surface area contributed by atoms with E-state index in [0.717, 1.165) is 11.1 Å². The molecule has 1 atom stereocenters. The molecule has 2 amide bonds. The summed E-state index contributed by atoms with van der Waals surface area (Å²) in [5, 5.41) is 3.13. The summed E-state index contributed by atoms with van der Waals surface area (Å²) in [5.41, 5.74) is 3.32. The second-order valence-corrected chi connectivity index (χ2v) is 7.44. The molecule has 1 heterocycles. The predicted octanol–water partition coefficient (Wildman–Crippen LogP) is 4.77. The molecule has 1 N–H and O–H groups in total. The highest BCUT2D eigenvalue weighted by atomic mass is 35.5. The van der Waals surface area contributed by atoms with Gasteiger partial charge in [-0.05, 0) is 59.7 Å². The number of anilines is 1. The maximum atomic E-state index is 12.9. The summed E-state index contributed by atoms with van der Waals surface area (Å²) < 4.78 is 0. The molecule has 148 valence electrons. The predicted molar refractivity (Wildman–Crippen MR) is 123 cm³/mol. The maximum absolute atomic E-state index is 12.9. The van der Waals surface area contributed by atoms with Crippen molar-refractivity contribution in [3.8, 4) is 11.1 Å². The lowest BCUT2D eigenvalue weighted by atomic mass is 10.0. The van der Waals surface area contributed by atoms with E-state index in [1.165, 1.54) is 11.1 Å². The first-order valence-corrected chi connectivity index (χ1v) is 9.95. The van der Waals surface area contributed by atoms with Gasteiger partial charge in [0, 0.05) is 11.2 Å². The number of carbonyl (C=O) groups is 2. The number of hydrogen-bond donors (Lipinski definition) is 1. The second kappa shape index (κ2) is 8.57. The Balaban J connectivity index is 1.54. The Hall–Kier alpha value is -3.35.